The number of carbonyl (C=O) groups is 1. The van der Waals surface area contributed by atoms with Crippen molar-refractivity contribution in [2.45, 2.75) is 26.2 Å². The van der Waals surface area contributed by atoms with Crippen LogP contribution in [0.3, 0.4) is 0 Å². The van der Waals surface area contributed by atoms with E-state index in [9.17, 15) is 4.79 Å². The molecule has 0 aromatic carbocycles. The minimum absolute atomic E-state index is 0.240. The highest BCUT2D eigenvalue weighted by molar-refractivity contribution is 5.76. The van der Waals surface area contributed by atoms with Gasteiger partial charge in [0.25, 0.3) is 0 Å². The van der Waals surface area contributed by atoms with E-state index in [4.69, 9.17) is 5.11 Å². The molecule has 0 aromatic rings. The molecular weight excluding hydrogens is 192 g/mol. The highest BCUT2D eigenvalue weighted by Crippen LogP contribution is 2.19. The van der Waals surface area contributed by atoms with E-state index in [2.05, 4.69) is 5.32 Å². The van der Waals surface area contributed by atoms with E-state index in [1.54, 1.807) is 0 Å². The molecule has 0 aromatic heterocycles. The Morgan fingerprint density at radius 2 is 2.40 bits per heavy atom. The Kier molecular flexibility index (Phi) is 5.65. The number of hydrogen-bond acceptors (Lipinski definition) is 3. The molecule has 88 valence electrons. The fraction of sp³-hybridized carbons (Fsp3) is 0.909. The molecule has 15 heavy (non-hydrogen) atoms. The summed E-state index contributed by atoms with van der Waals surface area (Å²) >= 11 is 0. The summed E-state index contributed by atoms with van der Waals surface area (Å²) < 4.78 is 0. The molecule has 1 fully saturated rings. The van der Waals surface area contributed by atoms with Crippen LogP contribution >= 0.6 is 0 Å². The van der Waals surface area contributed by atoms with Gasteiger partial charge in [0.1, 0.15) is 0 Å². The van der Waals surface area contributed by atoms with Crippen molar-refractivity contribution in [3.8, 4) is 0 Å². The average Bonchev–Trinajstić information content (AvgIpc) is 2.67. The average molecular weight is 214 g/mol. The largest absolute Gasteiger partial charge is 0.396 e. The topological polar surface area (TPSA) is 52.6 Å². The van der Waals surface area contributed by atoms with Gasteiger partial charge in [-0.3, -0.25) is 4.79 Å². The maximum Gasteiger partial charge on any atom is 0.223 e. The van der Waals surface area contributed by atoms with Crippen LogP contribution in [-0.2, 0) is 4.79 Å². The predicted molar refractivity (Wildman–Crippen MR) is 59.6 cm³/mol. The first-order valence-electron chi connectivity index (χ1n) is 5.87. The van der Waals surface area contributed by atoms with Crippen molar-refractivity contribution in [1.29, 1.82) is 0 Å². The fourth-order valence-electron chi connectivity index (χ4n) is 2.01. The van der Waals surface area contributed by atoms with Gasteiger partial charge in [0.15, 0.2) is 0 Å². The molecule has 1 unspecified atom stereocenters. The second-order valence-electron chi connectivity index (χ2n) is 4.11. The van der Waals surface area contributed by atoms with E-state index in [0.29, 0.717) is 12.3 Å². The van der Waals surface area contributed by atoms with Crippen LogP contribution in [0.15, 0.2) is 0 Å². The van der Waals surface area contributed by atoms with Crippen LogP contribution in [0.4, 0.5) is 0 Å². The molecule has 2 N–H and O–H groups in total. The first-order valence-corrected chi connectivity index (χ1v) is 5.87. The molecule has 1 heterocycles. The Balaban J connectivity index is 2.18. The van der Waals surface area contributed by atoms with Gasteiger partial charge in [-0.15, -0.1) is 0 Å². The van der Waals surface area contributed by atoms with Crippen molar-refractivity contribution in [2.24, 2.45) is 5.92 Å². The normalized spacial score (nSPS) is 20.9. The zero-order valence-corrected chi connectivity index (χ0v) is 9.54. The summed E-state index contributed by atoms with van der Waals surface area (Å²) in [6, 6.07) is 0. The van der Waals surface area contributed by atoms with Crippen LogP contribution in [0.1, 0.15) is 26.2 Å². The van der Waals surface area contributed by atoms with Crippen LogP contribution in [0.2, 0.25) is 0 Å². The molecule has 1 aliphatic heterocycles. The monoisotopic (exact) mass is 214 g/mol. The van der Waals surface area contributed by atoms with E-state index in [1.807, 2.05) is 11.8 Å². The lowest BCUT2D eigenvalue weighted by Gasteiger charge is -2.16. The van der Waals surface area contributed by atoms with E-state index >= 15 is 0 Å². The second kappa shape index (κ2) is 6.80. The highest BCUT2D eigenvalue weighted by atomic mass is 16.3. The fourth-order valence-corrected chi connectivity index (χ4v) is 2.01. The summed E-state index contributed by atoms with van der Waals surface area (Å²) in [4.78, 5) is 13.6. The van der Waals surface area contributed by atoms with Crippen LogP contribution in [-0.4, -0.2) is 48.7 Å². The Morgan fingerprint density at radius 3 is 3.07 bits per heavy atom. The molecule has 4 nitrogen and oxygen atoms in total. The summed E-state index contributed by atoms with van der Waals surface area (Å²) in [6.07, 6.45) is 2.48. The zero-order valence-electron chi connectivity index (χ0n) is 9.54. The van der Waals surface area contributed by atoms with Gasteiger partial charge in [0.05, 0.1) is 0 Å². The van der Waals surface area contributed by atoms with Crippen molar-refractivity contribution in [3.05, 3.63) is 0 Å². The van der Waals surface area contributed by atoms with Crippen LogP contribution in [0.5, 0.6) is 0 Å². The Hall–Kier alpha value is -0.610. The highest BCUT2D eigenvalue weighted by Gasteiger charge is 2.24. The van der Waals surface area contributed by atoms with Crippen molar-refractivity contribution in [1.82, 2.24) is 10.2 Å². The molecular formula is C11H22N2O2. The van der Waals surface area contributed by atoms with Gasteiger partial charge in [-0.2, -0.15) is 0 Å². The van der Waals surface area contributed by atoms with Gasteiger partial charge in [-0.1, -0.05) is 6.92 Å². The van der Waals surface area contributed by atoms with Gasteiger partial charge >= 0.3 is 0 Å². The number of aliphatic hydroxyl groups excluding tert-OH is 1. The van der Waals surface area contributed by atoms with E-state index in [-0.39, 0.29) is 12.5 Å². The molecule has 1 aliphatic rings. The molecule has 0 aliphatic carbocycles. The molecule has 4 heteroatoms. The number of nitrogens with one attached hydrogen (secondary N) is 1. The Morgan fingerprint density at radius 1 is 1.60 bits per heavy atom. The molecule has 0 radical (unpaired) electrons. The van der Waals surface area contributed by atoms with Crippen LogP contribution in [0, 0.1) is 5.92 Å². The second-order valence-corrected chi connectivity index (χ2v) is 4.11. The van der Waals surface area contributed by atoms with Gasteiger partial charge in [-0.05, 0) is 25.3 Å². The third kappa shape index (κ3) is 4.18. The number of nitrogens with zero attached hydrogens (tertiary/aromatic N) is 1. The van der Waals surface area contributed by atoms with Gasteiger partial charge in [0.2, 0.25) is 5.91 Å². The van der Waals surface area contributed by atoms with Crippen molar-refractivity contribution in [2.75, 3.05) is 32.8 Å². The number of hydrogen-bond donors (Lipinski definition) is 2. The summed E-state index contributed by atoms with van der Waals surface area (Å²) in [5.74, 6) is 0.759. The molecule has 1 amide bonds. The summed E-state index contributed by atoms with van der Waals surface area (Å²) in [6.45, 7) is 5.68. The third-order valence-electron chi connectivity index (χ3n) is 2.94. The Bertz CT molecular complexity index is 197. The van der Waals surface area contributed by atoms with Gasteiger partial charge in [-0.25, -0.2) is 0 Å². The first kappa shape index (κ1) is 12.5. The van der Waals surface area contributed by atoms with E-state index in [1.165, 1.54) is 0 Å². The summed E-state index contributed by atoms with van der Waals surface area (Å²) in [5, 5.41) is 12.0. The number of likely N-dealkylation sites (tertiary alicyclic amines) is 1. The molecule has 1 rings (SSSR count). The lowest BCUT2D eigenvalue weighted by Crippen LogP contribution is -2.31. The number of amides is 1. The maximum absolute atomic E-state index is 11.7. The Labute approximate surface area is 91.6 Å². The molecule has 0 saturated carbocycles. The molecule has 0 spiro atoms. The van der Waals surface area contributed by atoms with Gasteiger partial charge < -0.3 is 15.3 Å². The van der Waals surface area contributed by atoms with Gasteiger partial charge in [0, 0.05) is 32.7 Å². The van der Waals surface area contributed by atoms with E-state index in [0.717, 1.165) is 39.0 Å². The first-order chi connectivity index (χ1) is 7.27. The van der Waals surface area contributed by atoms with Crippen molar-refractivity contribution in [3.63, 3.8) is 0 Å². The zero-order chi connectivity index (χ0) is 11.1. The number of carbonyl (C=O) groups excluding carboxylic acids is 1. The van der Waals surface area contributed by atoms with E-state index < -0.39 is 0 Å². The summed E-state index contributed by atoms with van der Waals surface area (Å²) in [5.41, 5.74) is 0. The predicted octanol–water partition coefficient (Wildman–Crippen LogP) is 0.217. The van der Waals surface area contributed by atoms with Crippen LogP contribution in [0.25, 0.3) is 0 Å². The third-order valence-corrected chi connectivity index (χ3v) is 2.94. The van der Waals surface area contributed by atoms with Crippen molar-refractivity contribution >= 4 is 5.91 Å². The van der Waals surface area contributed by atoms with Crippen molar-refractivity contribution < 1.29 is 9.90 Å². The molecule has 1 saturated heterocycles. The molecule has 0 bridgehead atoms. The SMILES string of the molecule is CCNCCC(=O)N1CCC(CCO)C1. The maximum atomic E-state index is 11.7. The lowest BCUT2D eigenvalue weighted by molar-refractivity contribution is -0.130. The minimum Gasteiger partial charge on any atom is -0.396 e. The van der Waals surface area contributed by atoms with Crippen LogP contribution < -0.4 is 5.32 Å². The number of rotatable bonds is 6. The summed E-state index contributed by atoms with van der Waals surface area (Å²) in [7, 11) is 0. The quantitative estimate of drug-likeness (QED) is 0.622. The lowest BCUT2D eigenvalue weighted by atomic mass is 10.1. The standard InChI is InChI=1S/C11H22N2O2/c1-2-12-6-3-11(15)13-7-4-10(9-13)5-8-14/h10,12,14H,2-9H2,1H3. The molecule has 1 atom stereocenters. The minimum atomic E-state index is 0.240. The number of aliphatic hydroxyl groups is 1. The smallest absolute Gasteiger partial charge is 0.223 e.